The first kappa shape index (κ1) is 12.7. The van der Waals surface area contributed by atoms with E-state index in [9.17, 15) is 9.90 Å². The molecule has 3 heteroatoms. The van der Waals surface area contributed by atoms with Gasteiger partial charge in [-0.3, -0.25) is 4.48 Å². The van der Waals surface area contributed by atoms with Crippen molar-refractivity contribution in [3.8, 4) is 0 Å². The van der Waals surface area contributed by atoms with Crippen molar-refractivity contribution in [3.05, 3.63) is 29.8 Å². The fourth-order valence-electron chi connectivity index (χ4n) is 2.25. The van der Waals surface area contributed by atoms with Crippen molar-refractivity contribution >= 4 is 11.7 Å². The van der Waals surface area contributed by atoms with Gasteiger partial charge in [-0.2, -0.15) is 0 Å². The molecule has 1 aromatic carbocycles. The van der Waals surface area contributed by atoms with Gasteiger partial charge >= 0.3 is 5.97 Å². The number of para-hydroxylation sites is 1. The molecule has 0 aromatic heterocycles. The van der Waals surface area contributed by atoms with E-state index < -0.39 is 5.97 Å². The molecule has 0 radical (unpaired) electrons. The summed E-state index contributed by atoms with van der Waals surface area (Å²) in [7, 11) is 0. The first-order chi connectivity index (χ1) is 7.61. The Morgan fingerprint density at radius 3 is 2.06 bits per heavy atom. The van der Waals surface area contributed by atoms with Crippen LogP contribution in [0.5, 0.6) is 0 Å². The second-order valence-electron chi connectivity index (χ2n) is 3.92. The zero-order chi connectivity index (χ0) is 12.2. The minimum atomic E-state index is -0.839. The summed E-state index contributed by atoms with van der Waals surface area (Å²) in [4.78, 5) is 11.2. The van der Waals surface area contributed by atoms with Gasteiger partial charge in [0.15, 0.2) is 0 Å². The third kappa shape index (κ3) is 2.09. The van der Waals surface area contributed by atoms with Crippen LogP contribution in [0.1, 0.15) is 31.1 Å². The molecule has 88 valence electrons. The van der Waals surface area contributed by atoms with Crippen LogP contribution < -0.4 is 4.48 Å². The van der Waals surface area contributed by atoms with Crippen LogP contribution in [0.15, 0.2) is 24.3 Å². The molecule has 1 N–H and O–H groups in total. The molecule has 0 heterocycles. The lowest BCUT2D eigenvalue weighted by atomic mass is 10.1. The molecule has 1 aromatic rings. The molecule has 0 aliphatic carbocycles. The number of carbonyl (C=O) groups is 1. The van der Waals surface area contributed by atoms with Crippen molar-refractivity contribution in [2.24, 2.45) is 0 Å². The summed E-state index contributed by atoms with van der Waals surface area (Å²) in [6, 6.07) is 7.31. The molecule has 0 fully saturated rings. The van der Waals surface area contributed by atoms with Gasteiger partial charge in [-0.1, -0.05) is 12.1 Å². The molecule has 1 rings (SSSR count). The van der Waals surface area contributed by atoms with Crippen molar-refractivity contribution in [2.45, 2.75) is 20.8 Å². The van der Waals surface area contributed by atoms with E-state index >= 15 is 0 Å². The van der Waals surface area contributed by atoms with Crippen LogP contribution in [0.25, 0.3) is 0 Å². The van der Waals surface area contributed by atoms with Gasteiger partial charge < -0.3 is 5.11 Å². The number of carboxylic acid groups (broad SMARTS) is 1. The van der Waals surface area contributed by atoms with E-state index in [1.165, 1.54) is 0 Å². The van der Waals surface area contributed by atoms with E-state index in [4.69, 9.17) is 0 Å². The van der Waals surface area contributed by atoms with E-state index in [2.05, 4.69) is 20.8 Å². The summed E-state index contributed by atoms with van der Waals surface area (Å²) >= 11 is 0. The highest BCUT2D eigenvalue weighted by Gasteiger charge is 2.29. The van der Waals surface area contributed by atoms with Gasteiger partial charge in [0, 0.05) is 6.07 Å². The Bertz CT molecular complexity index is 362. The van der Waals surface area contributed by atoms with Crippen LogP contribution in [0.4, 0.5) is 5.69 Å². The normalized spacial score (nSPS) is 11.4. The smallest absolute Gasteiger partial charge is 0.341 e. The Kier molecular flexibility index (Phi) is 4.07. The van der Waals surface area contributed by atoms with Crippen LogP contribution in [0.2, 0.25) is 0 Å². The van der Waals surface area contributed by atoms with Gasteiger partial charge in [0.2, 0.25) is 0 Å². The number of carboxylic acids is 1. The van der Waals surface area contributed by atoms with E-state index in [0.717, 1.165) is 29.8 Å². The van der Waals surface area contributed by atoms with Crippen LogP contribution >= 0.6 is 0 Å². The summed E-state index contributed by atoms with van der Waals surface area (Å²) in [5.74, 6) is -0.839. The third-order valence-corrected chi connectivity index (χ3v) is 3.46. The first-order valence-corrected chi connectivity index (χ1v) is 5.80. The second-order valence-corrected chi connectivity index (χ2v) is 3.92. The standard InChI is InChI=1S/C13H19NO2/c1-4-14(5-2,6-3)12-10-8-7-9-11(12)13(15)16/h7-10H,4-6H2,1-3H3/p+1. The maximum absolute atomic E-state index is 11.2. The molecular formula is C13H20NO2+. The predicted molar refractivity (Wildman–Crippen MR) is 66.8 cm³/mol. The first-order valence-electron chi connectivity index (χ1n) is 5.80. The van der Waals surface area contributed by atoms with Gasteiger partial charge in [0.05, 0.1) is 19.6 Å². The van der Waals surface area contributed by atoms with Gasteiger partial charge in [0.1, 0.15) is 11.3 Å². The van der Waals surface area contributed by atoms with Crippen molar-refractivity contribution in [3.63, 3.8) is 0 Å². The molecule has 0 saturated carbocycles. The maximum atomic E-state index is 11.2. The molecule has 0 atom stereocenters. The number of aromatic carboxylic acids is 1. The average molecular weight is 222 g/mol. The number of rotatable bonds is 5. The number of hydrogen-bond acceptors (Lipinski definition) is 1. The Hall–Kier alpha value is -1.35. The zero-order valence-corrected chi connectivity index (χ0v) is 10.2. The lowest BCUT2D eigenvalue weighted by Crippen LogP contribution is -2.49. The second kappa shape index (κ2) is 5.12. The van der Waals surface area contributed by atoms with E-state index in [1.807, 2.05) is 12.1 Å². The maximum Gasteiger partial charge on any atom is 0.341 e. The van der Waals surface area contributed by atoms with Gasteiger partial charge in [-0.15, -0.1) is 0 Å². The van der Waals surface area contributed by atoms with Crippen LogP contribution in [0.3, 0.4) is 0 Å². The molecular weight excluding hydrogens is 202 g/mol. The molecule has 0 aliphatic heterocycles. The molecule has 16 heavy (non-hydrogen) atoms. The summed E-state index contributed by atoms with van der Waals surface area (Å²) < 4.78 is 0.725. The van der Waals surface area contributed by atoms with Crippen LogP contribution in [0, 0.1) is 0 Å². The monoisotopic (exact) mass is 222 g/mol. The fourth-order valence-corrected chi connectivity index (χ4v) is 2.25. The van der Waals surface area contributed by atoms with Gasteiger partial charge in [0.25, 0.3) is 0 Å². The summed E-state index contributed by atoms with van der Waals surface area (Å²) in [5, 5.41) is 9.21. The lowest BCUT2D eigenvalue weighted by molar-refractivity contribution is 0.0694. The van der Waals surface area contributed by atoms with Gasteiger partial charge in [-0.25, -0.2) is 4.79 Å². The van der Waals surface area contributed by atoms with Gasteiger partial charge in [-0.05, 0) is 26.8 Å². The molecule has 0 unspecified atom stereocenters. The summed E-state index contributed by atoms with van der Waals surface area (Å²) in [6.07, 6.45) is 0. The highest BCUT2D eigenvalue weighted by atomic mass is 16.4. The Morgan fingerprint density at radius 2 is 1.62 bits per heavy atom. The Balaban J connectivity index is 3.34. The predicted octanol–water partition coefficient (Wildman–Crippen LogP) is 2.75. The fraction of sp³-hybridized carbons (Fsp3) is 0.462. The van der Waals surface area contributed by atoms with E-state index in [1.54, 1.807) is 12.1 Å². The van der Waals surface area contributed by atoms with E-state index in [0.29, 0.717) is 5.56 Å². The van der Waals surface area contributed by atoms with Crippen LogP contribution in [-0.2, 0) is 0 Å². The highest BCUT2D eigenvalue weighted by Crippen LogP contribution is 2.27. The third-order valence-electron chi connectivity index (χ3n) is 3.46. The van der Waals surface area contributed by atoms with Crippen molar-refractivity contribution in [2.75, 3.05) is 19.6 Å². The minimum Gasteiger partial charge on any atom is -0.477 e. The topological polar surface area (TPSA) is 37.3 Å². The van der Waals surface area contributed by atoms with Crippen molar-refractivity contribution < 1.29 is 9.90 Å². The molecule has 0 aliphatic rings. The number of hydrogen-bond donors (Lipinski definition) is 1. The van der Waals surface area contributed by atoms with Crippen molar-refractivity contribution in [1.29, 1.82) is 0 Å². The molecule has 0 spiro atoms. The zero-order valence-electron chi connectivity index (χ0n) is 10.2. The largest absolute Gasteiger partial charge is 0.477 e. The lowest BCUT2D eigenvalue weighted by Gasteiger charge is -2.36. The average Bonchev–Trinajstić information content (AvgIpc) is 2.32. The molecule has 3 nitrogen and oxygen atoms in total. The Morgan fingerprint density at radius 1 is 1.12 bits per heavy atom. The summed E-state index contributed by atoms with van der Waals surface area (Å²) in [6.45, 7) is 9.05. The SMILES string of the molecule is CC[N+](CC)(CC)c1ccccc1C(=O)O. The van der Waals surface area contributed by atoms with Crippen molar-refractivity contribution in [1.82, 2.24) is 4.48 Å². The Labute approximate surface area is 96.9 Å². The summed E-state index contributed by atoms with van der Waals surface area (Å²) in [5.41, 5.74) is 1.34. The molecule has 0 saturated heterocycles. The molecule has 0 bridgehead atoms. The molecule has 0 amide bonds. The minimum absolute atomic E-state index is 0.424. The number of nitrogens with zero attached hydrogens (tertiary/aromatic N) is 1. The van der Waals surface area contributed by atoms with Crippen LogP contribution in [-0.4, -0.2) is 30.7 Å². The number of benzene rings is 1. The quantitative estimate of drug-likeness (QED) is 0.778. The number of quaternary nitrogens is 1. The van der Waals surface area contributed by atoms with E-state index in [-0.39, 0.29) is 0 Å². The highest BCUT2D eigenvalue weighted by molar-refractivity contribution is 5.93.